The Bertz CT molecular complexity index is 327. The largest absolute Gasteiger partial charge is 0.337 e. The fraction of sp³-hybridized carbons (Fsp3) is 0.727. The molecule has 2 aliphatic rings. The summed E-state index contributed by atoms with van der Waals surface area (Å²) >= 11 is 0. The minimum atomic E-state index is 0.528. The Morgan fingerprint density at radius 2 is 2.36 bits per heavy atom. The number of nitrogens with one attached hydrogen (secondary N) is 1. The van der Waals surface area contributed by atoms with Gasteiger partial charge in [-0.15, -0.1) is 0 Å². The molecule has 0 spiro atoms. The van der Waals surface area contributed by atoms with Gasteiger partial charge in [-0.25, -0.2) is 4.98 Å². The smallest absolute Gasteiger partial charge is 0.125 e. The van der Waals surface area contributed by atoms with Crippen molar-refractivity contribution in [1.82, 2.24) is 14.9 Å². The third-order valence-electron chi connectivity index (χ3n) is 3.89. The Labute approximate surface area is 84.5 Å². The summed E-state index contributed by atoms with van der Waals surface area (Å²) in [6.07, 6.45) is 8.25. The molecule has 2 fully saturated rings. The highest BCUT2D eigenvalue weighted by Gasteiger charge is 2.41. The van der Waals surface area contributed by atoms with E-state index in [1.165, 1.54) is 31.6 Å². The minimum absolute atomic E-state index is 0.528. The van der Waals surface area contributed by atoms with Gasteiger partial charge in [-0.1, -0.05) is 19.3 Å². The molecule has 3 heteroatoms. The molecule has 14 heavy (non-hydrogen) atoms. The van der Waals surface area contributed by atoms with Gasteiger partial charge in [0, 0.05) is 26.0 Å². The molecular weight excluding hydrogens is 174 g/mol. The molecule has 1 aliphatic heterocycles. The lowest BCUT2D eigenvalue weighted by molar-refractivity contribution is 0.0880. The first-order valence-corrected chi connectivity index (χ1v) is 5.57. The number of rotatable bonds is 2. The van der Waals surface area contributed by atoms with Crippen LogP contribution in [0.4, 0.5) is 0 Å². The molecule has 0 radical (unpaired) electrons. The van der Waals surface area contributed by atoms with Crippen LogP contribution in [0.5, 0.6) is 0 Å². The molecule has 0 aromatic carbocycles. The zero-order valence-corrected chi connectivity index (χ0v) is 8.61. The van der Waals surface area contributed by atoms with E-state index in [1.54, 1.807) is 0 Å². The van der Waals surface area contributed by atoms with Gasteiger partial charge in [-0.05, 0) is 11.8 Å². The first-order valence-electron chi connectivity index (χ1n) is 5.57. The summed E-state index contributed by atoms with van der Waals surface area (Å²) in [6, 6.07) is 0.528. The maximum absolute atomic E-state index is 4.43. The van der Waals surface area contributed by atoms with Crippen LogP contribution in [0.25, 0.3) is 0 Å². The summed E-state index contributed by atoms with van der Waals surface area (Å²) in [7, 11) is 2.08. The van der Waals surface area contributed by atoms with E-state index in [-0.39, 0.29) is 0 Å². The molecule has 76 valence electrons. The summed E-state index contributed by atoms with van der Waals surface area (Å²) < 4.78 is 2.14. The van der Waals surface area contributed by atoms with Crippen LogP contribution in [-0.2, 0) is 7.05 Å². The first-order chi connectivity index (χ1) is 6.86. The predicted molar refractivity (Wildman–Crippen MR) is 54.8 cm³/mol. The van der Waals surface area contributed by atoms with Crippen molar-refractivity contribution in [1.29, 1.82) is 0 Å². The minimum Gasteiger partial charge on any atom is -0.337 e. The van der Waals surface area contributed by atoms with Gasteiger partial charge >= 0.3 is 0 Å². The normalized spacial score (nSPS) is 32.4. The van der Waals surface area contributed by atoms with Gasteiger partial charge in [0.05, 0.1) is 6.04 Å². The number of hydrogen-bond donors (Lipinski definition) is 1. The fourth-order valence-corrected chi connectivity index (χ4v) is 2.64. The highest BCUT2D eigenvalue weighted by Crippen LogP contribution is 2.43. The molecule has 1 aromatic heterocycles. The molecule has 1 saturated heterocycles. The lowest BCUT2D eigenvalue weighted by atomic mass is 9.69. The second-order valence-electron chi connectivity index (χ2n) is 4.64. The second kappa shape index (κ2) is 3.09. The Morgan fingerprint density at radius 1 is 1.50 bits per heavy atom. The maximum atomic E-state index is 4.43. The van der Waals surface area contributed by atoms with Crippen molar-refractivity contribution >= 4 is 0 Å². The van der Waals surface area contributed by atoms with Gasteiger partial charge in [0.2, 0.25) is 0 Å². The number of imidazole rings is 1. The van der Waals surface area contributed by atoms with E-state index in [0.717, 1.165) is 11.8 Å². The zero-order valence-electron chi connectivity index (χ0n) is 8.61. The molecule has 2 atom stereocenters. The van der Waals surface area contributed by atoms with E-state index in [0.29, 0.717) is 6.04 Å². The summed E-state index contributed by atoms with van der Waals surface area (Å²) in [6.45, 7) is 1.20. The summed E-state index contributed by atoms with van der Waals surface area (Å²) in [5.74, 6) is 3.04. The van der Waals surface area contributed by atoms with Crippen LogP contribution in [0.3, 0.4) is 0 Å². The number of hydrogen-bond acceptors (Lipinski definition) is 2. The summed E-state index contributed by atoms with van der Waals surface area (Å²) in [5.41, 5.74) is 0. The average molecular weight is 191 g/mol. The van der Waals surface area contributed by atoms with Crippen molar-refractivity contribution in [3.05, 3.63) is 18.2 Å². The van der Waals surface area contributed by atoms with Crippen molar-refractivity contribution in [2.75, 3.05) is 6.54 Å². The number of aryl methyl sites for hydroxylation is 1. The Hall–Kier alpha value is -0.830. The molecule has 2 heterocycles. The summed E-state index contributed by atoms with van der Waals surface area (Å²) in [4.78, 5) is 4.43. The Balaban J connectivity index is 1.76. The van der Waals surface area contributed by atoms with Crippen LogP contribution in [0, 0.1) is 11.8 Å². The van der Waals surface area contributed by atoms with Gasteiger partial charge in [0.1, 0.15) is 5.82 Å². The van der Waals surface area contributed by atoms with Gasteiger partial charge in [0.25, 0.3) is 0 Å². The Kier molecular flexibility index (Phi) is 1.87. The highest BCUT2D eigenvalue weighted by atomic mass is 15.1. The topological polar surface area (TPSA) is 29.9 Å². The standard InChI is InChI=1S/C11H17N3/c1-14-6-5-12-11(14)10-9(7-13-10)8-3-2-4-8/h5-6,8-10,13H,2-4,7H2,1H3. The average Bonchev–Trinajstić information content (AvgIpc) is 2.43. The van der Waals surface area contributed by atoms with Gasteiger partial charge in [0.15, 0.2) is 0 Å². The molecule has 1 N–H and O–H groups in total. The molecule has 1 aromatic rings. The summed E-state index contributed by atoms with van der Waals surface area (Å²) in [5, 5.41) is 3.50. The van der Waals surface area contributed by atoms with Crippen molar-refractivity contribution < 1.29 is 0 Å². The van der Waals surface area contributed by atoms with Crippen LogP contribution >= 0.6 is 0 Å². The molecule has 3 nitrogen and oxygen atoms in total. The quantitative estimate of drug-likeness (QED) is 0.767. The molecule has 1 saturated carbocycles. The van der Waals surface area contributed by atoms with Crippen molar-refractivity contribution in [3.63, 3.8) is 0 Å². The Morgan fingerprint density at radius 3 is 2.79 bits per heavy atom. The zero-order chi connectivity index (χ0) is 9.54. The maximum Gasteiger partial charge on any atom is 0.125 e. The number of aromatic nitrogens is 2. The lowest BCUT2D eigenvalue weighted by Gasteiger charge is -2.46. The van der Waals surface area contributed by atoms with E-state index in [9.17, 15) is 0 Å². The first kappa shape index (κ1) is 8.48. The van der Waals surface area contributed by atoms with E-state index in [2.05, 4.69) is 21.9 Å². The van der Waals surface area contributed by atoms with Gasteiger partial charge in [-0.3, -0.25) is 0 Å². The van der Waals surface area contributed by atoms with Crippen molar-refractivity contribution in [2.45, 2.75) is 25.3 Å². The van der Waals surface area contributed by atoms with Crippen LogP contribution < -0.4 is 5.32 Å². The van der Waals surface area contributed by atoms with E-state index in [1.807, 2.05) is 12.4 Å². The van der Waals surface area contributed by atoms with Crippen molar-refractivity contribution in [2.24, 2.45) is 18.9 Å². The molecular formula is C11H17N3. The molecule has 3 rings (SSSR count). The lowest BCUT2D eigenvalue weighted by Crippen LogP contribution is -2.51. The third-order valence-corrected chi connectivity index (χ3v) is 3.89. The monoisotopic (exact) mass is 191 g/mol. The van der Waals surface area contributed by atoms with Crippen LogP contribution in [-0.4, -0.2) is 16.1 Å². The van der Waals surface area contributed by atoms with Crippen LogP contribution in [0.15, 0.2) is 12.4 Å². The molecule has 2 unspecified atom stereocenters. The fourth-order valence-electron chi connectivity index (χ4n) is 2.64. The molecule has 0 bridgehead atoms. The van der Waals surface area contributed by atoms with E-state index >= 15 is 0 Å². The molecule has 0 amide bonds. The third kappa shape index (κ3) is 1.12. The van der Waals surface area contributed by atoms with Crippen molar-refractivity contribution in [3.8, 4) is 0 Å². The molecule has 1 aliphatic carbocycles. The van der Waals surface area contributed by atoms with Crippen LogP contribution in [0.1, 0.15) is 31.1 Å². The van der Waals surface area contributed by atoms with Gasteiger partial charge < -0.3 is 9.88 Å². The van der Waals surface area contributed by atoms with Crippen LogP contribution in [0.2, 0.25) is 0 Å². The SMILES string of the molecule is Cn1ccnc1C1NCC1C1CCC1. The number of nitrogens with zero attached hydrogens (tertiary/aromatic N) is 2. The highest BCUT2D eigenvalue weighted by molar-refractivity contribution is 5.08. The van der Waals surface area contributed by atoms with Gasteiger partial charge in [-0.2, -0.15) is 0 Å². The van der Waals surface area contributed by atoms with E-state index < -0.39 is 0 Å². The second-order valence-corrected chi connectivity index (χ2v) is 4.64. The van der Waals surface area contributed by atoms with E-state index in [4.69, 9.17) is 0 Å². The predicted octanol–water partition coefficient (Wildman–Crippen LogP) is 1.48.